The lowest BCUT2D eigenvalue weighted by atomic mass is 10.1. The molecule has 9 nitrogen and oxygen atoms in total. The molecule has 1 aromatic heterocycles. The predicted octanol–water partition coefficient (Wildman–Crippen LogP) is 6.05. The molecule has 3 aromatic carbocycles. The van der Waals surface area contributed by atoms with E-state index in [4.69, 9.17) is 12.2 Å². The Hall–Kier alpha value is -4.56. The largest absolute Gasteiger partial charge is 0.573 e. The molecule has 0 radical (unpaired) electrons. The van der Waals surface area contributed by atoms with Crippen molar-refractivity contribution < 1.29 is 22.7 Å². The number of hydrazone groups is 1. The number of benzene rings is 3. The van der Waals surface area contributed by atoms with Gasteiger partial charge in [-0.2, -0.15) is 10.1 Å². The number of hydrogen-bond acceptors (Lipinski definition) is 7. The number of nitrogens with one attached hydrogen (secondary N) is 1. The number of carbonyl (C=O) groups is 1. The van der Waals surface area contributed by atoms with Gasteiger partial charge in [-0.3, -0.25) is 15.1 Å². The van der Waals surface area contributed by atoms with Crippen LogP contribution in [-0.4, -0.2) is 49.3 Å². The molecule has 0 unspecified atom stereocenters. The molecule has 0 bridgehead atoms. The molecule has 0 atom stereocenters. The molecule has 1 N–H and O–H groups in total. The van der Waals surface area contributed by atoms with Crippen molar-refractivity contribution in [3.05, 3.63) is 89.7 Å². The fourth-order valence-electron chi connectivity index (χ4n) is 4.18. The molecule has 2 heterocycles. The summed E-state index contributed by atoms with van der Waals surface area (Å²) in [5.41, 5.74) is 7.66. The molecule has 0 saturated carbocycles. The van der Waals surface area contributed by atoms with Crippen molar-refractivity contribution >= 4 is 52.1 Å². The maximum atomic E-state index is 12.7. The molecule has 43 heavy (non-hydrogen) atoms. The number of alkyl halides is 3. The number of aryl methyl sites for hydroxylation is 2. The topological polar surface area (TPSA) is 97.0 Å². The molecular formula is C29H24F3N7O2S2. The number of nitrogens with zero attached hydrogens (tertiary/aromatic N) is 6. The second-order valence-electron chi connectivity index (χ2n) is 9.25. The molecular weight excluding hydrogens is 599 g/mol. The summed E-state index contributed by atoms with van der Waals surface area (Å²) in [5, 5.41) is 9.19. The third-order valence-electron chi connectivity index (χ3n) is 6.19. The first kappa shape index (κ1) is 29.9. The van der Waals surface area contributed by atoms with Gasteiger partial charge in [0, 0.05) is 5.56 Å². The minimum Gasteiger partial charge on any atom is -0.406 e. The highest BCUT2D eigenvalue weighted by atomic mass is 32.2. The highest BCUT2D eigenvalue weighted by Crippen LogP contribution is 2.31. The molecule has 1 aliphatic heterocycles. The van der Waals surface area contributed by atoms with Gasteiger partial charge in [0.1, 0.15) is 12.1 Å². The molecule has 1 saturated heterocycles. The van der Waals surface area contributed by atoms with Gasteiger partial charge in [-0.1, -0.05) is 55.1 Å². The smallest absolute Gasteiger partial charge is 0.406 e. The summed E-state index contributed by atoms with van der Waals surface area (Å²) in [6.45, 7) is 4.02. The molecule has 1 aliphatic rings. The first-order valence-electron chi connectivity index (χ1n) is 12.9. The quantitative estimate of drug-likeness (QED) is 0.152. The molecule has 0 aliphatic carbocycles. The van der Waals surface area contributed by atoms with Crippen LogP contribution < -0.4 is 15.1 Å². The summed E-state index contributed by atoms with van der Waals surface area (Å²) >= 11 is 6.68. The number of aliphatic imine (C=N–C) groups is 1. The minimum atomic E-state index is -4.76. The second kappa shape index (κ2) is 12.8. The van der Waals surface area contributed by atoms with Crippen LogP contribution in [0.3, 0.4) is 0 Å². The van der Waals surface area contributed by atoms with E-state index in [2.05, 4.69) is 30.3 Å². The number of thiocarbonyl (C=S) groups is 1. The lowest BCUT2D eigenvalue weighted by molar-refractivity contribution is -0.274. The van der Waals surface area contributed by atoms with E-state index in [1.807, 2.05) is 56.3 Å². The van der Waals surface area contributed by atoms with Crippen molar-refractivity contribution in [1.29, 1.82) is 0 Å². The summed E-state index contributed by atoms with van der Waals surface area (Å²) < 4.78 is 42.5. The third kappa shape index (κ3) is 7.45. The number of aromatic nitrogens is 3. The van der Waals surface area contributed by atoms with E-state index in [0.717, 1.165) is 34.4 Å². The van der Waals surface area contributed by atoms with E-state index in [1.165, 1.54) is 47.0 Å². The zero-order chi connectivity index (χ0) is 30.6. The minimum absolute atomic E-state index is 0.0526. The van der Waals surface area contributed by atoms with Gasteiger partial charge in [-0.15, -0.1) is 18.3 Å². The number of rotatable bonds is 7. The van der Waals surface area contributed by atoms with Gasteiger partial charge in [0.2, 0.25) is 11.0 Å². The van der Waals surface area contributed by atoms with Crippen LogP contribution in [0.1, 0.15) is 23.6 Å². The van der Waals surface area contributed by atoms with Gasteiger partial charge in [0.15, 0.2) is 11.0 Å². The van der Waals surface area contributed by atoms with Gasteiger partial charge >= 0.3 is 6.36 Å². The fraction of sp³-hybridized carbons (Fsp3) is 0.172. The van der Waals surface area contributed by atoms with E-state index in [1.54, 1.807) is 11.1 Å². The van der Waals surface area contributed by atoms with E-state index in [9.17, 15) is 18.0 Å². The van der Waals surface area contributed by atoms with Gasteiger partial charge < -0.3 is 4.74 Å². The number of thioether (sulfide) groups is 1. The summed E-state index contributed by atoms with van der Waals surface area (Å²) in [4.78, 5) is 23.0. The van der Waals surface area contributed by atoms with Gasteiger partial charge in [0.05, 0.1) is 23.3 Å². The highest BCUT2D eigenvalue weighted by molar-refractivity contribution is 8.15. The second-order valence-corrected chi connectivity index (χ2v) is 10.6. The molecule has 0 spiro atoms. The lowest BCUT2D eigenvalue weighted by Gasteiger charge is -2.20. The number of anilines is 1. The Morgan fingerprint density at radius 2 is 1.88 bits per heavy atom. The van der Waals surface area contributed by atoms with E-state index in [0.29, 0.717) is 16.7 Å². The van der Waals surface area contributed by atoms with E-state index >= 15 is 0 Å². The molecule has 1 fully saturated rings. The number of ether oxygens (including phenoxy) is 1. The highest BCUT2D eigenvalue weighted by Gasteiger charge is 2.32. The van der Waals surface area contributed by atoms with Crippen LogP contribution in [0, 0.1) is 6.92 Å². The Morgan fingerprint density at radius 1 is 1.14 bits per heavy atom. The molecule has 220 valence electrons. The molecule has 5 rings (SSSR count). The van der Waals surface area contributed by atoms with Crippen LogP contribution in [0.25, 0.3) is 17.1 Å². The molecule has 1 amide bonds. The standard InChI is InChI=1S/C29H24F3N7O2S2/c1-3-20-7-4-18(2)14-24(20)39-25(40)16-43-28(39)35-27(42)36-34-15-19-5-8-21(9-6-19)26-33-17-38(37-26)22-10-12-23(13-11-22)41-29(30,31)32/h4-15,17H,3,16H2,1-2H3,(H,36,42)/b34-15+,35-28?. The van der Waals surface area contributed by atoms with Crippen LogP contribution in [-0.2, 0) is 11.2 Å². The maximum absolute atomic E-state index is 12.7. The van der Waals surface area contributed by atoms with Crippen LogP contribution in [0.15, 0.2) is 83.2 Å². The number of carbonyl (C=O) groups excluding carboxylic acids is 1. The Balaban J connectivity index is 1.21. The van der Waals surface area contributed by atoms with Crippen molar-refractivity contribution in [2.24, 2.45) is 10.1 Å². The van der Waals surface area contributed by atoms with Gasteiger partial charge in [0.25, 0.3) is 0 Å². The van der Waals surface area contributed by atoms with Crippen molar-refractivity contribution in [3.8, 4) is 22.8 Å². The van der Waals surface area contributed by atoms with Crippen LogP contribution in [0.4, 0.5) is 18.9 Å². The van der Waals surface area contributed by atoms with Crippen molar-refractivity contribution in [2.45, 2.75) is 26.6 Å². The number of amidine groups is 1. The normalized spacial score (nSPS) is 14.6. The Kier molecular flexibility index (Phi) is 8.87. The number of halogens is 3. The van der Waals surface area contributed by atoms with Crippen molar-refractivity contribution in [3.63, 3.8) is 0 Å². The SMILES string of the molecule is CCc1ccc(C)cc1N1C(=O)CSC1=NC(=S)N/N=C/c1ccc(-c2ncn(-c3ccc(OC(F)(F)F)cc3)n2)cc1. The van der Waals surface area contributed by atoms with Crippen LogP contribution in [0.5, 0.6) is 5.75 Å². The summed E-state index contributed by atoms with van der Waals surface area (Å²) in [5.74, 6) is 0.342. The Morgan fingerprint density at radius 3 is 2.58 bits per heavy atom. The average Bonchev–Trinajstić information content (AvgIpc) is 3.60. The fourth-order valence-corrected chi connectivity index (χ4v) is 5.24. The predicted molar refractivity (Wildman–Crippen MR) is 165 cm³/mol. The first-order chi connectivity index (χ1) is 20.6. The number of hydrogen-bond donors (Lipinski definition) is 1. The van der Waals surface area contributed by atoms with E-state index in [-0.39, 0.29) is 22.5 Å². The Labute approximate surface area is 254 Å². The third-order valence-corrected chi connectivity index (χ3v) is 7.30. The van der Waals surface area contributed by atoms with Crippen LogP contribution in [0.2, 0.25) is 0 Å². The lowest BCUT2D eigenvalue weighted by Crippen LogP contribution is -2.31. The summed E-state index contributed by atoms with van der Waals surface area (Å²) in [7, 11) is 0. The van der Waals surface area contributed by atoms with Gasteiger partial charge in [-0.25, -0.2) is 9.67 Å². The van der Waals surface area contributed by atoms with Gasteiger partial charge in [-0.05, 0) is 72.6 Å². The molecule has 14 heteroatoms. The average molecular weight is 624 g/mol. The number of amides is 1. The van der Waals surface area contributed by atoms with E-state index < -0.39 is 6.36 Å². The molecule has 4 aromatic rings. The summed E-state index contributed by atoms with van der Waals surface area (Å²) in [6.07, 6.45) is -0.934. The van der Waals surface area contributed by atoms with Crippen molar-refractivity contribution in [2.75, 3.05) is 10.7 Å². The Bertz CT molecular complexity index is 1700. The zero-order valence-corrected chi connectivity index (χ0v) is 24.5. The maximum Gasteiger partial charge on any atom is 0.573 e. The van der Waals surface area contributed by atoms with Crippen LogP contribution >= 0.6 is 24.0 Å². The summed E-state index contributed by atoms with van der Waals surface area (Å²) in [6, 6.07) is 18.6. The first-order valence-corrected chi connectivity index (χ1v) is 14.3. The monoisotopic (exact) mass is 623 g/mol. The zero-order valence-electron chi connectivity index (χ0n) is 22.9. The van der Waals surface area contributed by atoms with Crippen molar-refractivity contribution in [1.82, 2.24) is 20.2 Å².